The van der Waals surface area contributed by atoms with Gasteiger partial charge in [-0.1, -0.05) is 41.7 Å². The van der Waals surface area contributed by atoms with Gasteiger partial charge in [-0.25, -0.2) is 4.98 Å². The second kappa shape index (κ2) is 16.1. The van der Waals surface area contributed by atoms with E-state index in [2.05, 4.69) is 38.5 Å². The molecule has 1 aliphatic carbocycles. The average Bonchev–Trinajstić information content (AvgIpc) is 3.05. The Morgan fingerprint density at radius 3 is 2.97 bits per heavy atom. The molecule has 7 nitrogen and oxygen atoms in total. The first-order valence-electron chi connectivity index (χ1n) is 11.7. The zero-order valence-corrected chi connectivity index (χ0v) is 21.4. The molecule has 0 aromatic carbocycles. The van der Waals surface area contributed by atoms with Gasteiger partial charge in [0, 0.05) is 24.9 Å². The number of allylic oxidation sites excluding steroid dienone is 8. The molecule has 0 bridgehead atoms. The van der Waals surface area contributed by atoms with Crippen molar-refractivity contribution in [3.8, 4) is 0 Å². The zero-order valence-electron chi connectivity index (χ0n) is 20.6. The molecule has 1 atom stereocenters. The molecule has 0 saturated carbocycles. The van der Waals surface area contributed by atoms with Gasteiger partial charge in [-0.15, -0.1) is 5.73 Å². The van der Waals surface area contributed by atoms with E-state index in [0.29, 0.717) is 25.2 Å². The van der Waals surface area contributed by atoms with Crippen LogP contribution in [-0.2, 0) is 4.74 Å². The number of anilines is 1. The van der Waals surface area contributed by atoms with Crippen LogP contribution in [0.3, 0.4) is 0 Å². The molecule has 1 aromatic rings. The standard InChI is InChI=1S/C27H35N5O2S/c1-4-23(14-15-24(19-33)34-5-2)30-20-31-25(13-10-17-28)26-21(3)32-27(35-26)29-18-16-22-11-8-6-7-9-12-22/h4,6,8-13,17,19-20,25,28,33H,5,14-16,18H2,1-3H3,(H,29,32)(H,30,31)/b13-10?,23-4+,24-19-,28-17?. The second-order valence-corrected chi connectivity index (χ2v) is 8.54. The van der Waals surface area contributed by atoms with Crippen molar-refractivity contribution >= 4 is 29.0 Å². The third kappa shape index (κ3) is 10.0. The maximum Gasteiger partial charge on any atom is 0.183 e. The molecule has 1 unspecified atom stereocenters. The first kappa shape index (κ1) is 27.6. The summed E-state index contributed by atoms with van der Waals surface area (Å²) in [7, 11) is 0. The maximum atomic E-state index is 9.26. The molecule has 2 rings (SSSR count). The Bertz CT molecular complexity index is 1070. The Morgan fingerprint density at radius 1 is 1.37 bits per heavy atom. The summed E-state index contributed by atoms with van der Waals surface area (Å²) in [5, 5.41) is 24.1. The summed E-state index contributed by atoms with van der Waals surface area (Å²) in [5.74, 6) is 0.553. The van der Waals surface area contributed by atoms with E-state index in [0.717, 1.165) is 40.6 Å². The number of aromatic nitrogens is 1. The predicted octanol–water partition coefficient (Wildman–Crippen LogP) is 6.45. The number of aryl methyl sites for hydroxylation is 1. The second-order valence-electron chi connectivity index (χ2n) is 7.51. The van der Waals surface area contributed by atoms with E-state index >= 15 is 0 Å². The van der Waals surface area contributed by atoms with Crippen LogP contribution >= 0.6 is 11.3 Å². The van der Waals surface area contributed by atoms with Crippen LogP contribution in [0.1, 0.15) is 49.7 Å². The Labute approximate surface area is 212 Å². The summed E-state index contributed by atoms with van der Waals surface area (Å²) < 4.78 is 5.38. The van der Waals surface area contributed by atoms with E-state index in [1.54, 1.807) is 23.8 Å². The molecule has 1 aliphatic rings. The van der Waals surface area contributed by atoms with Crippen molar-refractivity contribution < 1.29 is 9.84 Å². The first-order valence-corrected chi connectivity index (χ1v) is 12.5. The van der Waals surface area contributed by atoms with Gasteiger partial charge in [0.1, 0.15) is 18.1 Å². The molecular formula is C27H35N5O2S. The number of aliphatic imine (C=N–C) groups is 1. The molecular weight excluding hydrogens is 458 g/mol. The third-order valence-corrected chi connectivity index (χ3v) is 6.21. The zero-order chi connectivity index (χ0) is 25.3. The van der Waals surface area contributed by atoms with Gasteiger partial charge in [-0.2, -0.15) is 0 Å². The highest BCUT2D eigenvalue weighted by Gasteiger charge is 2.15. The molecule has 186 valence electrons. The fourth-order valence-corrected chi connectivity index (χ4v) is 4.23. The predicted molar refractivity (Wildman–Crippen MR) is 147 cm³/mol. The number of nitrogens with zero attached hydrogens (tertiary/aromatic N) is 2. The number of hydrogen-bond donors (Lipinski definition) is 4. The minimum absolute atomic E-state index is 0.254. The molecule has 0 saturated heterocycles. The molecule has 0 fully saturated rings. The van der Waals surface area contributed by atoms with Crippen molar-refractivity contribution in [1.29, 1.82) is 5.41 Å². The van der Waals surface area contributed by atoms with Crippen LogP contribution in [0.5, 0.6) is 0 Å². The monoisotopic (exact) mass is 493 g/mol. The maximum absolute atomic E-state index is 9.26. The number of aliphatic hydroxyl groups excluding tert-OH is 1. The molecule has 1 heterocycles. The number of thiazole rings is 1. The lowest BCUT2D eigenvalue weighted by Gasteiger charge is -2.10. The van der Waals surface area contributed by atoms with E-state index < -0.39 is 0 Å². The van der Waals surface area contributed by atoms with E-state index in [4.69, 9.17) is 10.1 Å². The third-order valence-electron chi connectivity index (χ3n) is 5.03. The molecule has 4 N–H and O–H groups in total. The molecule has 0 spiro atoms. The number of rotatable bonds is 15. The minimum atomic E-state index is -0.254. The van der Waals surface area contributed by atoms with Crippen molar-refractivity contribution in [2.24, 2.45) is 4.99 Å². The lowest BCUT2D eigenvalue weighted by atomic mass is 10.1. The van der Waals surface area contributed by atoms with Crippen molar-refractivity contribution in [3.63, 3.8) is 0 Å². The average molecular weight is 494 g/mol. The van der Waals surface area contributed by atoms with Gasteiger partial charge < -0.3 is 25.9 Å². The summed E-state index contributed by atoms with van der Waals surface area (Å²) in [5.41, 5.74) is 6.18. The molecule has 0 aliphatic heterocycles. The Kier molecular flexibility index (Phi) is 12.7. The number of hydrogen-bond acceptors (Lipinski definition) is 7. The number of aliphatic hydroxyl groups is 1. The molecule has 35 heavy (non-hydrogen) atoms. The Balaban J connectivity index is 2.00. The number of nitrogens with one attached hydrogen (secondary N) is 3. The van der Waals surface area contributed by atoms with Crippen LogP contribution in [0.4, 0.5) is 5.13 Å². The van der Waals surface area contributed by atoms with Crippen LogP contribution in [0.2, 0.25) is 0 Å². The summed E-state index contributed by atoms with van der Waals surface area (Å²) in [6.45, 7) is 7.11. The highest BCUT2D eigenvalue weighted by molar-refractivity contribution is 7.15. The molecule has 0 amide bonds. The van der Waals surface area contributed by atoms with E-state index in [1.807, 2.05) is 51.2 Å². The van der Waals surface area contributed by atoms with Crippen LogP contribution in [0, 0.1) is 12.3 Å². The van der Waals surface area contributed by atoms with Gasteiger partial charge in [0.25, 0.3) is 0 Å². The van der Waals surface area contributed by atoms with Crippen molar-refractivity contribution in [1.82, 2.24) is 10.3 Å². The van der Waals surface area contributed by atoms with Crippen molar-refractivity contribution in [2.75, 3.05) is 18.5 Å². The number of ether oxygens (including phenoxy) is 1. The van der Waals surface area contributed by atoms with E-state index in [1.165, 1.54) is 11.8 Å². The largest absolute Gasteiger partial charge is 0.512 e. The quantitative estimate of drug-likeness (QED) is 0.0974. The summed E-state index contributed by atoms with van der Waals surface area (Å²) in [6, 6.07) is -0.254. The van der Waals surface area contributed by atoms with Gasteiger partial charge in [0.15, 0.2) is 5.13 Å². The fourth-order valence-electron chi connectivity index (χ4n) is 3.22. The highest BCUT2D eigenvalue weighted by Crippen LogP contribution is 2.31. The molecule has 0 radical (unpaired) electrons. The van der Waals surface area contributed by atoms with E-state index in [9.17, 15) is 5.11 Å². The Hall–Kier alpha value is -3.61. The van der Waals surface area contributed by atoms with Crippen molar-refractivity contribution in [3.05, 3.63) is 88.2 Å². The summed E-state index contributed by atoms with van der Waals surface area (Å²) in [6.07, 6.45) is 21.6. The summed E-state index contributed by atoms with van der Waals surface area (Å²) >= 11 is 1.58. The van der Waals surface area contributed by atoms with Gasteiger partial charge in [-0.3, -0.25) is 4.99 Å². The SMILES string of the molecule is C/C=C(\CC/C(=C/O)OCC)NC=NC(C=CC=N)c1sc(NCCC2=CC=C=CC=C2)nc1C. The van der Waals surface area contributed by atoms with Gasteiger partial charge >= 0.3 is 0 Å². The lowest BCUT2D eigenvalue weighted by molar-refractivity contribution is 0.205. The van der Waals surface area contributed by atoms with Crippen LogP contribution in [-0.4, -0.2) is 35.8 Å². The first-order chi connectivity index (χ1) is 17.1. The van der Waals surface area contributed by atoms with Crippen LogP contribution in [0.15, 0.2) is 82.6 Å². The van der Waals surface area contributed by atoms with Crippen LogP contribution in [0.25, 0.3) is 0 Å². The van der Waals surface area contributed by atoms with Gasteiger partial charge in [0.2, 0.25) is 0 Å². The molecule has 1 aromatic heterocycles. The molecule has 8 heteroatoms. The topological polar surface area (TPSA) is 103 Å². The van der Waals surface area contributed by atoms with Crippen molar-refractivity contribution in [2.45, 2.75) is 46.1 Å². The van der Waals surface area contributed by atoms with Gasteiger partial charge in [0.05, 0.1) is 23.5 Å². The normalized spacial score (nSPS) is 14.9. The van der Waals surface area contributed by atoms with E-state index in [-0.39, 0.29) is 6.04 Å². The minimum Gasteiger partial charge on any atom is -0.512 e. The highest BCUT2D eigenvalue weighted by atomic mass is 32.1. The summed E-state index contributed by atoms with van der Waals surface area (Å²) in [4.78, 5) is 10.4. The van der Waals surface area contributed by atoms with Gasteiger partial charge in [-0.05, 0) is 57.4 Å². The Morgan fingerprint density at radius 2 is 2.23 bits per heavy atom. The van der Waals surface area contributed by atoms with Crippen LogP contribution < -0.4 is 10.6 Å². The fraction of sp³-hybridized carbons (Fsp3) is 0.333. The smallest absolute Gasteiger partial charge is 0.183 e. The lowest BCUT2D eigenvalue weighted by Crippen LogP contribution is -2.12.